The fourth-order valence-electron chi connectivity index (χ4n) is 2.32. The second-order valence-electron chi connectivity index (χ2n) is 5.12. The van der Waals surface area contributed by atoms with Gasteiger partial charge in [0.15, 0.2) is 11.5 Å². The maximum Gasteiger partial charge on any atom is 0.261 e. The maximum atomic E-state index is 12.1. The standard InChI is InChI=1S/C17H19NO3S2/c1-22-10-2-7-18-17(19)16-6-5-15(23-16)12-3-4-13-14(11-12)21-9-8-20-13/h3-6,11H,2,7-10H2,1H3,(H,18,19). The van der Waals surface area contributed by atoms with Gasteiger partial charge in [-0.05, 0) is 54.3 Å². The molecule has 2 aromatic rings. The molecule has 122 valence electrons. The average Bonchev–Trinajstić information content (AvgIpc) is 3.08. The zero-order chi connectivity index (χ0) is 16.1. The summed E-state index contributed by atoms with van der Waals surface area (Å²) in [6, 6.07) is 9.75. The fourth-order valence-corrected chi connectivity index (χ4v) is 3.67. The fraction of sp³-hybridized carbons (Fsp3) is 0.353. The van der Waals surface area contributed by atoms with Crippen LogP contribution in [0.3, 0.4) is 0 Å². The third-order valence-corrected chi connectivity index (χ3v) is 5.30. The van der Waals surface area contributed by atoms with E-state index in [4.69, 9.17) is 9.47 Å². The van der Waals surface area contributed by atoms with E-state index in [0.717, 1.165) is 45.5 Å². The van der Waals surface area contributed by atoms with Crippen molar-refractivity contribution in [3.8, 4) is 21.9 Å². The van der Waals surface area contributed by atoms with Gasteiger partial charge in [0.1, 0.15) is 13.2 Å². The number of ether oxygens (including phenoxy) is 2. The van der Waals surface area contributed by atoms with Crippen LogP contribution in [-0.4, -0.2) is 37.7 Å². The normalized spacial score (nSPS) is 12.9. The second-order valence-corrected chi connectivity index (χ2v) is 7.19. The first-order chi connectivity index (χ1) is 11.3. The summed E-state index contributed by atoms with van der Waals surface area (Å²) in [5.41, 5.74) is 1.04. The molecule has 23 heavy (non-hydrogen) atoms. The largest absolute Gasteiger partial charge is 0.486 e. The smallest absolute Gasteiger partial charge is 0.261 e. The number of fused-ring (bicyclic) bond motifs is 1. The van der Waals surface area contributed by atoms with Crippen molar-refractivity contribution in [1.29, 1.82) is 0 Å². The minimum Gasteiger partial charge on any atom is -0.486 e. The SMILES string of the molecule is CSCCCNC(=O)c1ccc(-c2ccc3c(c2)OCCO3)s1. The molecule has 3 rings (SSSR count). The van der Waals surface area contributed by atoms with Gasteiger partial charge in [-0.25, -0.2) is 0 Å². The van der Waals surface area contributed by atoms with Gasteiger partial charge >= 0.3 is 0 Å². The van der Waals surface area contributed by atoms with Crippen LogP contribution in [0.2, 0.25) is 0 Å². The summed E-state index contributed by atoms with van der Waals surface area (Å²) in [5.74, 6) is 2.61. The highest BCUT2D eigenvalue weighted by atomic mass is 32.2. The van der Waals surface area contributed by atoms with Gasteiger partial charge in [0.05, 0.1) is 4.88 Å². The van der Waals surface area contributed by atoms with E-state index in [0.29, 0.717) is 13.2 Å². The molecule has 1 aromatic heterocycles. The molecule has 0 bridgehead atoms. The van der Waals surface area contributed by atoms with Crippen molar-refractivity contribution in [3.05, 3.63) is 35.2 Å². The van der Waals surface area contributed by atoms with Crippen molar-refractivity contribution in [2.24, 2.45) is 0 Å². The molecule has 1 aliphatic heterocycles. The third-order valence-electron chi connectivity index (χ3n) is 3.47. The maximum absolute atomic E-state index is 12.1. The van der Waals surface area contributed by atoms with E-state index < -0.39 is 0 Å². The lowest BCUT2D eigenvalue weighted by molar-refractivity contribution is 0.0958. The molecule has 0 atom stereocenters. The number of carbonyl (C=O) groups is 1. The lowest BCUT2D eigenvalue weighted by Crippen LogP contribution is -2.23. The molecule has 2 heterocycles. The van der Waals surface area contributed by atoms with Gasteiger partial charge in [0.25, 0.3) is 5.91 Å². The lowest BCUT2D eigenvalue weighted by Gasteiger charge is -2.18. The number of benzene rings is 1. The molecular formula is C17H19NO3S2. The first-order valence-electron chi connectivity index (χ1n) is 7.55. The summed E-state index contributed by atoms with van der Waals surface area (Å²) in [4.78, 5) is 13.9. The molecular weight excluding hydrogens is 330 g/mol. The van der Waals surface area contributed by atoms with Gasteiger partial charge in [0.2, 0.25) is 0 Å². The van der Waals surface area contributed by atoms with Crippen molar-refractivity contribution in [2.75, 3.05) is 31.8 Å². The van der Waals surface area contributed by atoms with Crippen molar-refractivity contribution < 1.29 is 14.3 Å². The van der Waals surface area contributed by atoms with Crippen LogP contribution in [-0.2, 0) is 0 Å². The second kappa shape index (κ2) is 7.75. The van der Waals surface area contributed by atoms with Crippen LogP contribution in [0.5, 0.6) is 11.5 Å². The highest BCUT2D eigenvalue weighted by molar-refractivity contribution is 7.98. The van der Waals surface area contributed by atoms with Crippen LogP contribution in [0.15, 0.2) is 30.3 Å². The Bertz CT molecular complexity index is 684. The summed E-state index contributed by atoms with van der Waals surface area (Å²) in [6.45, 7) is 1.88. The number of thioether (sulfide) groups is 1. The Labute approximate surface area is 144 Å². The molecule has 0 saturated carbocycles. The van der Waals surface area contributed by atoms with Crippen LogP contribution in [0.25, 0.3) is 10.4 Å². The number of nitrogens with one attached hydrogen (secondary N) is 1. The quantitative estimate of drug-likeness (QED) is 0.809. The molecule has 1 aliphatic rings. The third kappa shape index (κ3) is 4.00. The van der Waals surface area contributed by atoms with Crippen molar-refractivity contribution in [2.45, 2.75) is 6.42 Å². The first kappa shape index (κ1) is 16.2. The van der Waals surface area contributed by atoms with Gasteiger partial charge in [-0.3, -0.25) is 4.79 Å². The van der Waals surface area contributed by atoms with Crippen LogP contribution in [0.4, 0.5) is 0 Å². The van der Waals surface area contributed by atoms with Crippen molar-refractivity contribution in [3.63, 3.8) is 0 Å². The van der Waals surface area contributed by atoms with E-state index in [1.165, 1.54) is 11.3 Å². The minimum absolute atomic E-state index is 0.0000959. The predicted octanol–water partition coefficient (Wildman–Crippen LogP) is 3.67. The molecule has 4 nitrogen and oxygen atoms in total. The van der Waals surface area contributed by atoms with E-state index in [1.807, 2.05) is 30.3 Å². The number of thiophene rings is 1. The number of hydrogen-bond donors (Lipinski definition) is 1. The van der Waals surface area contributed by atoms with Crippen molar-refractivity contribution in [1.82, 2.24) is 5.32 Å². The van der Waals surface area contributed by atoms with Crippen LogP contribution in [0, 0.1) is 0 Å². The van der Waals surface area contributed by atoms with E-state index in [2.05, 4.69) is 11.6 Å². The van der Waals surface area contributed by atoms with Gasteiger partial charge in [-0.1, -0.05) is 0 Å². The number of amides is 1. The molecule has 0 unspecified atom stereocenters. The van der Waals surface area contributed by atoms with Gasteiger partial charge in [-0.2, -0.15) is 11.8 Å². The minimum atomic E-state index is -0.0000959. The van der Waals surface area contributed by atoms with Gasteiger partial charge < -0.3 is 14.8 Å². The van der Waals surface area contributed by atoms with Gasteiger partial charge in [-0.15, -0.1) is 11.3 Å². The lowest BCUT2D eigenvalue weighted by atomic mass is 10.1. The number of rotatable bonds is 6. The molecule has 0 aliphatic carbocycles. The summed E-state index contributed by atoms with van der Waals surface area (Å²) in [7, 11) is 0. The molecule has 6 heteroatoms. The van der Waals surface area contributed by atoms with E-state index in [-0.39, 0.29) is 5.91 Å². The highest BCUT2D eigenvalue weighted by Crippen LogP contribution is 2.36. The summed E-state index contributed by atoms with van der Waals surface area (Å²) in [6.07, 6.45) is 3.06. The Morgan fingerprint density at radius 3 is 2.87 bits per heavy atom. The number of carbonyl (C=O) groups excluding carboxylic acids is 1. The molecule has 0 fully saturated rings. The molecule has 0 spiro atoms. The Balaban J connectivity index is 1.68. The first-order valence-corrected chi connectivity index (χ1v) is 9.76. The monoisotopic (exact) mass is 349 g/mol. The molecule has 1 amide bonds. The van der Waals surface area contributed by atoms with Crippen molar-refractivity contribution >= 4 is 29.0 Å². The highest BCUT2D eigenvalue weighted by Gasteiger charge is 2.14. The van der Waals surface area contributed by atoms with Gasteiger partial charge in [0, 0.05) is 11.4 Å². The Hall–Kier alpha value is -1.66. The Kier molecular flexibility index (Phi) is 5.46. The molecule has 1 N–H and O–H groups in total. The van der Waals surface area contributed by atoms with Crippen LogP contribution >= 0.6 is 23.1 Å². The van der Waals surface area contributed by atoms with E-state index >= 15 is 0 Å². The average molecular weight is 349 g/mol. The Morgan fingerprint density at radius 2 is 2.04 bits per heavy atom. The zero-order valence-electron chi connectivity index (χ0n) is 13.0. The summed E-state index contributed by atoms with van der Waals surface area (Å²) < 4.78 is 11.1. The molecule has 0 radical (unpaired) electrons. The predicted molar refractivity (Wildman–Crippen MR) is 96.1 cm³/mol. The van der Waals surface area contributed by atoms with E-state index in [9.17, 15) is 4.79 Å². The topological polar surface area (TPSA) is 47.6 Å². The Morgan fingerprint density at radius 1 is 1.22 bits per heavy atom. The van der Waals surface area contributed by atoms with Crippen LogP contribution in [0.1, 0.15) is 16.1 Å². The molecule has 0 saturated heterocycles. The van der Waals surface area contributed by atoms with E-state index in [1.54, 1.807) is 11.8 Å². The zero-order valence-corrected chi connectivity index (χ0v) is 14.6. The summed E-state index contributed by atoms with van der Waals surface area (Å²) in [5, 5.41) is 2.96. The summed E-state index contributed by atoms with van der Waals surface area (Å²) >= 11 is 3.29. The number of hydrogen-bond acceptors (Lipinski definition) is 5. The van der Waals surface area contributed by atoms with Crippen LogP contribution < -0.4 is 14.8 Å². The molecule has 1 aromatic carbocycles.